The maximum atomic E-state index is 4.70. The minimum Gasteiger partial charge on any atom is -0.504 e. The molecule has 0 N–H and O–H groups in total. The summed E-state index contributed by atoms with van der Waals surface area (Å²) in [6.07, 6.45) is 15.2. The van der Waals surface area contributed by atoms with Gasteiger partial charge >= 0.3 is 0 Å². The third kappa shape index (κ3) is 8.76. The zero-order valence-electron chi connectivity index (χ0n) is 7.03. The molecule has 1 nitrogen and oxygen atoms in total. The second-order valence-electron chi connectivity index (χ2n) is 1.86. The predicted octanol–water partition coefficient (Wildman–Crippen LogP) is 2.84. The van der Waals surface area contributed by atoms with Crippen LogP contribution in [0.3, 0.4) is 0 Å². The van der Waals surface area contributed by atoms with E-state index in [-0.39, 0.29) is 0 Å². The van der Waals surface area contributed by atoms with Gasteiger partial charge in [-0.2, -0.15) is 0 Å². The van der Waals surface area contributed by atoms with E-state index in [2.05, 4.69) is 0 Å². The molecule has 1 heteroatoms. The standard InChI is InChI=1S/C10H14O/c1-3-4-5-6-7-8-9-10-11-2/h3-10H,1-2H3. The molecule has 0 aliphatic rings. The summed E-state index contributed by atoms with van der Waals surface area (Å²) in [7, 11) is 1.62. The fourth-order valence-electron chi connectivity index (χ4n) is 0.492. The van der Waals surface area contributed by atoms with E-state index in [0.29, 0.717) is 0 Å². The third-order valence-electron chi connectivity index (χ3n) is 0.963. The zero-order chi connectivity index (χ0) is 8.36. The van der Waals surface area contributed by atoms with Crippen molar-refractivity contribution in [2.24, 2.45) is 0 Å². The number of hydrogen-bond acceptors (Lipinski definition) is 1. The van der Waals surface area contributed by atoms with Gasteiger partial charge in [0.05, 0.1) is 13.4 Å². The van der Waals surface area contributed by atoms with Crippen molar-refractivity contribution < 1.29 is 4.74 Å². The van der Waals surface area contributed by atoms with E-state index in [0.717, 1.165) is 0 Å². The molecular formula is C10H14O. The summed E-state index contributed by atoms with van der Waals surface area (Å²) in [5.41, 5.74) is 0. The van der Waals surface area contributed by atoms with E-state index in [1.54, 1.807) is 13.4 Å². The lowest BCUT2D eigenvalue weighted by Crippen LogP contribution is -1.60. The molecule has 0 radical (unpaired) electrons. The van der Waals surface area contributed by atoms with Gasteiger partial charge in [-0.1, -0.05) is 36.5 Å². The number of rotatable bonds is 4. The van der Waals surface area contributed by atoms with E-state index in [4.69, 9.17) is 4.74 Å². The zero-order valence-corrected chi connectivity index (χ0v) is 7.03. The monoisotopic (exact) mass is 150 g/mol. The van der Waals surface area contributed by atoms with Crippen molar-refractivity contribution >= 4 is 0 Å². The van der Waals surface area contributed by atoms with Crippen LogP contribution in [0.5, 0.6) is 0 Å². The molecule has 0 spiro atoms. The fraction of sp³-hybridized carbons (Fsp3) is 0.200. The van der Waals surface area contributed by atoms with Gasteiger partial charge in [-0.05, 0) is 13.0 Å². The van der Waals surface area contributed by atoms with Crippen LogP contribution in [0.15, 0.2) is 48.8 Å². The Morgan fingerprint density at radius 1 is 0.818 bits per heavy atom. The van der Waals surface area contributed by atoms with Crippen molar-refractivity contribution in [3.63, 3.8) is 0 Å². The Morgan fingerprint density at radius 3 is 1.91 bits per heavy atom. The first-order valence-corrected chi connectivity index (χ1v) is 3.55. The summed E-state index contributed by atoms with van der Waals surface area (Å²) in [5, 5.41) is 0. The Morgan fingerprint density at radius 2 is 1.36 bits per heavy atom. The van der Waals surface area contributed by atoms with Gasteiger partial charge in [0.2, 0.25) is 0 Å². The summed E-state index contributed by atoms with van der Waals surface area (Å²) >= 11 is 0. The van der Waals surface area contributed by atoms with Gasteiger partial charge in [0, 0.05) is 0 Å². The lowest BCUT2D eigenvalue weighted by atomic mass is 10.4. The molecule has 0 aromatic carbocycles. The summed E-state index contributed by atoms with van der Waals surface area (Å²) in [4.78, 5) is 0. The average Bonchev–Trinajstić information content (AvgIpc) is 2.03. The first-order valence-electron chi connectivity index (χ1n) is 3.55. The van der Waals surface area contributed by atoms with Crippen molar-refractivity contribution in [3.05, 3.63) is 48.8 Å². The molecule has 0 unspecified atom stereocenters. The van der Waals surface area contributed by atoms with Gasteiger partial charge in [0.1, 0.15) is 0 Å². The van der Waals surface area contributed by atoms with Crippen molar-refractivity contribution in [1.82, 2.24) is 0 Å². The first kappa shape index (κ1) is 9.76. The molecule has 60 valence electrons. The molecule has 11 heavy (non-hydrogen) atoms. The van der Waals surface area contributed by atoms with Crippen LogP contribution in [0.1, 0.15) is 6.92 Å². The van der Waals surface area contributed by atoms with Gasteiger partial charge < -0.3 is 4.74 Å². The summed E-state index contributed by atoms with van der Waals surface area (Å²) in [6.45, 7) is 1.98. The molecule has 0 fully saturated rings. The Labute approximate surface area is 68.4 Å². The molecule has 0 saturated heterocycles. The molecule has 0 heterocycles. The number of allylic oxidation sites excluding steroid dienone is 7. The Kier molecular flexibility index (Phi) is 7.77. The van der Waals surface area contributed by atoms with Crippen LogP contribution in [-0.4, -0.2) is 7.11 Å². The van der Waals surface area contributed by atoms with E-state index in [1.807, 2.05) is 49.5 Å². The van der Waals surface area contributed by atoms with Crippen LogP contribution in [0.25, 0.3) is 0 Å². The molecule has 0 aliphatic heterocycles. The van der Waals surface area contributed by atoms with E-state index >= 15 is 0 Å². The van der Waals surface area contributed by atoms with E-state index in [9.17, 15) is 0 Å². The SMILES string of the molecule is CC=CC=CC=CC=COC. The molecule has 0 rings (SSSR count). The second kappa shape index (κ2) is 8.76. The smallest absolute Gasteiger partial charge is 0.0824 e. The Hall–Kier alpha value is -1.24. The largest absolute Gasteiger partial charge is 0.504 e. The molecule has 0 bridgehead atoms. The highest BCUT2D eigenvalue weighted by molar-refractivity contribution is 5.14. The molecular weight excluding hydrogens is 136 g/mol. The summed E-state index contributed by atoms with van der Waals surface area (Å²) in [5.74, 6) is 0. The van der Waals surface area contributed by atoms with Gasteiger partial charge in [0.25, 0.3) is 0 Å². The quantitative estimate of drug-likeness (QED) is 0.442. The predicted molar refractivity (Wildman–Crippen MR) is 49.2 cm³/mol. The van der Waals surface area contributed by atoms with Crippen molar-refractivity contribution in [2.75, 3.05) is 7.11 Å². The van der Waals surface area contributed by atoms with Crippen LogP contribution in [0, 0.1) is 0 Å². The van der Waals surface area contributed by atoms with Crippen LogP contribution in [0.4, 0.5) is 0 Å². The number of ether oxygens (including phenoxy) is 1. The topological polar surface area (TPSA) is 9.23 Å². The Balaban J connectivity index is 3.51. The summed E-state index contributed by atoms with van der Waals surface area (Å²) in [6, 6.07) is 0. The van der Waals surface area contributed by atoms with Gasteiger partial charge in [-0.3, -0.25) is 0 Å². The van der Waals surface area contributed by atoms with E-state index < -0.39 is 0 Å². The van der Waals surface area contributed by atoms with Crippen molar-refractivity contribution in [3.8, 4) is 0 Å². The molecule has 0 saturated carbocycles. The lowest BCUT2D eigenvalue weighted by Gasteiger charge is -1.79. The first-order chi connectivity index (χ1) is 5.41. The van der Waals surface area contributed by atoms with Gasteiger partial charge in [-0.15, -0.1) is 0 Å². The highest BCUT2D eigenvalue weighted by Gasteiger charge is 1.61. The molecule has 0 atom stereocenters. The average molecular weight is 150 g/mol. The molecule has 0 aromatic heterocycles. The normalized spacial score (nSPS) is 12.9. The van der Waals surface area contributed by atoms with Crippen LogP contribution in [-0.2, 0) is 4.74 Å². The fourth-order valence-corrected chi connectivity index (χ4v) is 0.492. The number of hydrogen-bond donors (Lipinski definition) is 0. The van der Waals surface area contributed by atoms with Crippen molar-refractivity contribution in [2.45, 2.75) is 6.92 Å². The molecule has 0 aliphatic carbocycles. The number of methoxy groups -OCH3 is 1. The third-order valence-corrected chi connectivity index (χ3v) is 0.963. The van der Waals surface area contributed by atoms with Crippen molar-refractivity contribution in [1.29, 1.82) is 0 Å². The summed E-state index contributed by atoms with van der Waals surface area (Å²) < 4.78 is 4.70. The highest BCUT2D eigenvalue weighted by atomic mass is 16.5. The van der Waals surface area contributed by atoms with Crippen LogP contribution < -0.4 is 0 Å². The van der Waals surface area contributed by atoms with Gasteiger partial charge in [0.15, 0.2) is 0 Å². The van der Waals surface area contributed by atoms with Crippen LogP contribution >= 0.6 is 0 Å². The van der Waals surface area contributed by atoms with Crippen LogP contribution in [0.2, 0.25) is 0 Å². The second-order valence-corrected chi connectivity index (χ2v) is 1.86. The lowest BCUT2D eigenvalue weighted by molar-refractivity contribution is 0.338. The Bertz CT molecular complexity index is 173. The molecule has 0 amide bonds. The minimum absolute atomic E-state index is 1.62. The highest BCUT2D eigenvalue weighted by Crippen LogP contribution is 1.81. The van der Waals surface area contributed by atoms with Gasteiger partial charge in [-0.25, -0.2) is 0 Å². The molecule has 0 aromatic rings. The minimum atomic E-state index is 1.62. The van der Waals surface area contributed by atoms with E-state index in [1.165, 1.54) is 0 Å². The maximum Gasteiger partial charge on any atom is 0.0824 e. The maximum absolute atomic E-state index is 4.70.